The molecule has 172 valence electrons. The molecule has 0 spiro atoms. The van der Waals surface area contributed by atoms with Gasteiger partial charge < -0.3 is 11.1 Å². The Kier molecular flexibility index (Phi) is 11.2. The summed E-state index contributed by atoms with van der Waals surface area (Å²) in [4.78, 5) is 6.54. The number of nitrogens with zero attached hydrogens (tertiary/aromatic N) is 2. The number of hydrogen-bond acceptors (Lipinski definition) is 4. The summed E-state index contributed by atoms with van der Waals surface area (Å²) in [5.74, 6) is -1.54. The fourth-order valence-corrected chi connectivity index (χ4v) is 2.56. The van der Waals surface area contributed by atoms with Crippen molar-refractivity contribution in [1.29, 1.82) is 0 Å². The van der Waals surface area contributed by atoms with E-state index in [9.17, 15) is 13.2 Å². The molecule has 0 bridgehead atoms. The van der Waals surface area contributed by atoms with Crippen molar-refractivity contribution in [1.82, 2.24) is 9.97 Å². The van der Waals surface area contributed by atoms with Crippen molar-refractivity contribution in [3.63, 3.8) is 0 Å². The highest BCUT2D eigenvalue weighted by atomic mass is 35.5. The first-order valence-corrected chi connectivity index (χ1v) is 10.4. The van der Waals surface area contributed by atoms with Crippen LogP contribution in [0.1, 0.15) is 11.1 Å². The largest absolute Gasteiger partial charge is 0.366 e. The average Bonchev–Trinajstić information content (AvgIpc) is 2.80. The summed E-state index contributed by atoms with van der Waals surface area (Å²) in [6.45, 7) is 1.17. The summed E-state index contributed by atoms with van der Waals surface area (Å²) in [5, 5.41) is 4.49. The van der Waals surface area contributed by atoms with Crippen LogP contribution >= 0.6 is 23.2 Å². The SMILES string of the molecule is Fc1cccc(F)n1.Fc1cccc(NCc2ccc(Cl)cc2)n1.NCc1ccc(Cl)cc1. The number of aromatic nitrogens is 2. The Bertz CT molecular complexity index is 1090. The summed E-state index contributed by atoms with van der Waals surface area (Å²) in [6.07, 6.45) is 0. The fraction of sp³-hybridized carbons (Fsp3) is 0.0833. The van der Waals surface area contributed by atoms with Crippen LogP contribution in [-0.2, 0) is 13.1 Å². The highest BCUT2D eigenvalue weighted by molar-refractivity contribution is 6.30. The lowest BCUT2D eigenvalue weighted by atomic mass is 10.2. The van der Waals surface area contributed by atoms with Gasteiger partial charge in [0.25, 0.3) is 0 Å². The zero-order chi connectivity index (χ0) is 24.1. The van der Waals surface area contributed by atoms with Crippen molar-refractivity contribution in [2.75, 3.05) is 5.32 Å². The molecule has 2 heterocycles. The molecule has 3 N–H and O–H groups in total. The van der Waals surface area contributed by atoms with Crippen molar-refractivity contribution in [3.8, 4) is 0 Å². The van der Waals surface area contributed by atoms with E-state index in [0.717, 1.165) is 28.3 Å². The van der Waals surface area contributed by atoms with Gasteiger partial charge >= 0.3 is 0 Å². The van der Waals surface area contributed by atoms with Gasteiger partial charge in [0.2, 0.25) is 17.8 Å². The third-order valence-corrected chi connectivity index (χ3v) is 4.44. The highest BCUT2D eigenvalue weighted by Crippen LogP contribution is 2.11. The summed E-state index contributed by atoms with van der Waals surface area (Å²) in [6, 6.07) is 23.1. The van der Waals surface area contributed by atoms with Gasteiger partial charge in [-0.05, 0) is 59.7 Å². The highest BCUT2D eigenvalue weighted by Gasteiger charge is 1.97. The second-order valence-electron chi connectivity index (χ2n) is 6.44. The van der Waals surface area contributed by atoms with Gasteiger partial charge in [0, 0.05) is 23.1 Å². The zero-order valence-electron chi connectivity index (χ0n) is 17.4. The van der Waals surface area contributed by atoms with Crippen LogP contribution in [0.15, 0.2) is 84.9 Å². The molecule has 0 radical (unpaired) electrons. The van der Waals surface area contributed by atoms with Crippen LogP contribution in [0.5, 0.6) is 0 Å². The first kappa shape index (κ1) is 26.1. The lowest BCUT2D eigenvalue weighted by Crippen LogP contribution is -2.01. The topological polar surface area (TPSA) is 63.8 Å². The molecule has 4 aromatic rings. The van der Waals surface area contributed by atoms with Crippen LogP contribution in [0.4, 0.5) is 19.0 Å². The molecule has 0 amide bonds. The van der Waals surface area contributed by atoms with Crippen molar-refractivity contribution >= 4 is 29.0 Å². The predicted molar refractivity (Wildman–Crippen MR) is 126 cm³/mol. The molecular weight excluding hydrogens is 472 g/mol. The molecule has 0 aliphatic rings. The minimum absolute atomic E-state index is 0.485. The van der Waals surface area contributed by atoms with Crippen molar-refractivity contribution in [2.45, 2.75) is 13.1 Å². The maximum absolute atomic E-state index is 12.8. The van der Waals surface area contributed by atoms with Gasteiger partial charge in [-0.2, -0.15) is 18.2 Å². The first-order valence-electron chi connectivity index (χ1n) is 9.69. The van der Waals surface area contributed by atoms with Crippen LogP contribution in [0.2, 0.25) is 10.0 Å². The molecule has 0 saturated carbocycles. The Labute approximate surface area is 200 Å². The van der Waals surface area contributed by atoms with E-state index in [1.165, 1.54) is 12.1 Å². The first-order chi connectivity index (χ1) is 15.9. The lowest BCUT2D eigenvalue weighted by molar-refractivity contribution is 0.513. The molecule has 4 nitrogen and oxygen atoms in total. The van der Waals surface area contributed by atoms with E-state index in [0.29, 0.717) is 23.9 Å². The quantitative estimate of drug-likeness (QED) is 0.313. The minimum atomic E-state index is -0.787. The molecule has 2 aromatic heterocycles. The van der Waals surface area contributed by atoms with E-state index >= 15 is 0 Å². The van der Waals surface area contributed by atoms with Crippen LogP contribution in [0.25, 0.3) is 0 Å². The number of hydrogen-bond donors (Lipinski definition) is 2. The number of benzene rings is 2. The standard InChI is InChI=1S/C12H10ClFN2.C7H8ClN.C5H3F2N/c13-10-6-4-9(5-7-10)8-15-12-3-1-2-11(14)16-12;8-7-3-1-6(5-9)2-4-7;6-4-2-1-3-5(7)8-4/h1-7H,8H2,(H,15,16);1-4H,5,9H2;1-3H. The van der Waals surface area contributed by atoms with Gasteiger partial charge in [0.05, 0.1) is 0 Å². The normalized spacial score (nSPS) is 9.76. The monoisotopic (exact) mass is 492 g/mol. The van der Waals surface area contributed by atoms with Gasteiger partial charge in [0.15, 0.2) is 0 Å². The Morgan fingerprint density at radius 3 is 1.52 bits per heavy atom. The lowest BCUT2D eigenvalue weighted by Gasteiger charge is -2.05. The van der Waals surface area contributed by atoms with Crippen LogP contribution in [0, 0.1) is 17.8 Å². The molecule has 2 aromatic carbocycles. The Morgan fingerprint density at radius 1 is 0.636 bits per heavy atom. The Hall–Kier alpha value is -3.13. The van der Waals surface area contributed by atoms with Crippen molar-refractivity contribution in [2.24, 2.45) is 5.73 Å². The molecule has 4 rings (SSSR count). The van der Waals surface area contributed by atoms with Gasteiger partial charge in [-0.25, -0.2) is 4.98 Å². The maximum Gasteiger partial charge on any atom is 0.215 e. The molecule has 0 saturated heterocycles. The number of nitrogens with two attached hydrogens (primary N) is 1. The molecule has 9 heteroatoms. The molecular formula is C24H21Cl2F3N4. The maximum atomic E-state index is 12.8. The zero-order valence-corrected chi connectivity index (χ0v) is 18.9. The third kappa shape index (κ3) is 10.8. The van der Waals surface area contributed by atoms with E-state index in [-0.39, 0.29) is 0 Å². The molecule has 0 unspecified atom stereocenters. The number of anilines is 1. The van der Waals surface area contributed by atoms with Crippen LogP contribution in [0.3, 0.4) is 0 Å². The second-order valence-corrected chi connectivity index (χ2v) is 7.31. The van der Waals surface area contributed by atoms with Gasteiger partial charge in [-0.1, -0.05) is 59.6 Å². The van der Waals surface area contributed by atoms with E-state index < -0.39 is 17.8 Å². The van der Waals surface area contributed by atoms with Gasteiger partial charge in [-0.3, -0.25) is 0 Å². The van der Waals surface area contributed by atoms with Gasteiger partial charge in [-0.15, -0.1) is 0 Å². The molecule has 33 heavy (non-hydrogen) atoms. The van der Waals surface area contributed by atoms with Crippen LogP contribution in [-0.4, -0.2) is 9.97 Å². The molecule has 0 atom stereocenters. The average molecular weight is 493 g/mol. The summed E-state index contributed by atoms with van der Waals surface area (Å²) >= 11 is 11.4. The molecule has 0 aliphatic heterocycles. The molecule has 0 fully saturated rings. The van der Waals surface area contributed by atoms with Crippen LogP contribution < -0.4 is 11.1 Å². The number of pyridine rings is 2. The smallest absolute Gasteiger partial charge is 0.215 e. The van der Waals surface area contributed by atoms with Crippen molar-refractivity contribution < 1.29 is 13.2 Å². The number of rotatable bonds is 4. The third-order valence-electron chi connectivity index (χ3n) is 3.93. The van der Waals surface area contributed by atoms with Crippen molar-refractivity contribution in [3.05, 3.63) is 124 Å². The Balaban J connectivity index is 0.000000192. The second kappa shape index (κ2) is 14.1. The van der Waals surface area contributed by atoms with E-state index in [2.05, 4.69) is 15.3 Å². The number of halogens is 5. The minimum Gasteiger partial charge on any atom is -0.366 e. The summed E-state index contributed by atoms with van der Waals surface area (Å²) in [5.41, 5.74) is 7.53. The van der Waals surface area contributed by atoms with E-state index in [4.69, 9.17) is 28.9 Å². The van der Waals surface area contributed by atoms with E-state index in [1.807, 2.05) is 48.5 Å². The fourth-order valence-electron chi connectivity index (χ4n) is 2.31. The number of nitrogens with one attached hydrogen (secondary N) is 1. The summed E-state index contributed by atoms with van der Waals surface area (Å²) < 4.78 is 36.4. The van der Waals surface area contributed by atoms with Gasteiger partial charge in [0.1, 0.15) is 5.82 Å². The molecule has 0 aliphatic carbocycles. The van der Waals surface area contributed by atoms with E-state index in [1.54, 1.807) is 12.1 Å². The summed E-state index contributed by atoms with van der Waals surface area (Å²) in [7, 11) is 0. The Morgan fingerprint density at radius 2 is 1.09 bits per heavy atom. The predicted octanol–water partition coefficient (Wildman–Crippen LogP) is 6.64.